The molecule has 5 aromatic rings. The van der Waals surface area contributed by atoms with Gasteiger partial charge in [0.25, 0.3) is 8.32 Å². The first-order valence-electron chi connectivity index (χ1n) is 16.1. The van der Waals surface area contributed by atoms with Crippen molar-refractivity contribution in [3.05, 3.63) is 131 Å². The fourth-order valence-corrected chi connectivity index (χ4v) is 12.0. The van der Waals surface area contributed by atoms with Crippen LogP contribution < -0.4 is 20.2 Å². The average Bonchev–Trinajstić information content (AvgIpc) is 3.06. The van der Waals surface area contributed by atoms with Gasteiger partial charge in [-0.05, 0) is 58.1 Å². The van der Waals surface area contributed by atoms with Crippen molar-refractivity contribution in [2.75, 3.05) is 22.7 Å². The summed E-state index contributed by atoms with van der Waals surface area (Å²) in [6.45, 7) is 9.22. The fourth-order valence-electron chi connectivity index (χ4n) is 6.62. The van der Waals surface area contributed by atoms with Crippen LogP contribution in [0.15, 0.2) is 114 Å². The summed E-state index contributed by atoms with van der Waals surface area (Å²) in [6.07, 6.45) is 3.10. The maximum absolute atomic E-state index is 14.4. The number of hydrogen-bond acceptors (Lipinski definition) is 6. The molecule has 1 aromatic heterocycles. The van der Waals surface area contributed by atoms with E-state index < -0.39 is 24.2 Å². The molecule has 1 aliphatic rings. The first kappa shape index (κ1) is 34.5. The van der Waals surface area contributed by atoms with Crippen LogP contribution in [0.4, 0.5) is 22.0 Å². The quantitative estimate of drug-likeness (QED) is 0.118. The Hall–Kier alpha value is -4.35. The van der Waals surface area contributed by atoms with Gasteiger partial charge >= 0.3 is 6.03 Å². The van der Waals surface area contributed by atoms with Crippen molar-refractivity contribution >= 4 is 63.4 Å². The van der Waals surface area contributed by atoms with Crippen molar-refractivity contribution in [1.29, 1.82) is 0 Å². The summed E-state index contributed by atoms with van der Waals surface area (Å²) >= 11 is 6.64. The van der Waals surface area contributed by atoms with Gasteiger partial charge in [-0.2, -0.15) is 4.98 Å². The van der Waals surface area contributed by atoms with E-state index in [-0.39, 0.29) is 22.6 Å². The van der Waals surface area contributed by atoms with E-state index in [1.165, 1.54) is 21.5 Å². The van der Waals surface area contributed by atoms with Crippen molar-refractivity contribution in [3.63, 3.8) is 0 Å². The Morgan fingerprint density at radius 2 is 1.53 bits per heavy atom. The van der Waals surface area contributed by atoms with Crippen molar-refractivity contribution in [1.82, 2.24) is 9.97 Å². The molecule has 0 saturated heterocycles. The summed E-state index contributed by atoms with van der Waals surface area (Å²) in [7, 11) is -6.48. The van der Waals surface area contributed by atoms with Crippen LogP contribution in [-0.2, 0) is 27.2 Å². The highest BCUT2D eigenvalue weighted by molar-refractivity contribution is 7.90. The van der Waals surface area contributed by atoms with E-state index in [9.17, 15) is 13.2 Å². The predicted octanol–water partition coefficient (Wildman–Crippen LogP) is 7.24. The third-order valence-corrected chi connectivity index (χ3v) is 15.1. The molecule has 0 N–H and O–H groups in total. The standard InChI is InChI=1S/C38H39ClN4O4SSi/c1-27-14-12-21-33(39)34(27)42-26-29-25-40-36(48(5,45)46)41-35(29)43(37(42)44)30-16-13-15-28(24-30)22-23-47-49(38(2,3)4,31-17-8-6-9-18-31)32-19-10-7-11-20-32/h6-21,24-25H,22-23,26H2,1-5H3. The van der Waals surface area contributed by atoms with Crippen LogP contribution >= 0.6 is 11.6 Å². The molecule has 49 heavy (non-hydrogen) atoms. The van der Waals surface area contributed by atoms with Gasteiger partial charge in [-0.3, -0.25) is 4.90 Å². The molecule has 11 heteroatoms. The molecule has 1 aliphatic heterocycles. The van der Waals surface area contributed by atoms with Gasteiger partial charge in [0.15, 0.2) is 5.82 Å². The second-order valence-electron chi connectivity index (χ2n) is 13.3. The summed E-state index contributed by atoms with van der Waals surface area (Å²) in [6, 6.07) is 33.7. The minimum atomic E-state index is -3.74. The molecule has 0 atom stereocenters. The molecule has 0 aliphatic carbocycles. The van der Waals surface area contributed by atoms with E-state index in [0.717, 1.165) is 17.4 Å². The summed E-state index contributed by atoms with van der Waals surface area (Å²) in [5.41, 5.74) is 3.49. The number of para-hydroxylation sites is 1. The van der Waals surface area contributed by atoms with Gasteiger partial charge < -0.3 is 4.43 Å². The zero-order valence-electron chi connectivity index (χ0n) is 28.2. The Bertz CT molecular complexity index is 2050. The number of nitrogens with zero attached hydrogens (tertiary/aromatic N) is 4. The molecule has 0 fully saturated rings. The van der Waals surface area contributed by atoms with E-state index in [0.29, 0.717) is 35.0 Å². The van der Waals surface area contributed by atoms with Gasteiger partial charge in [0.2, 0.25) is 15.0 Å². The van der Waals surface area contributed by atoms with Crippen LogP contribution in [0.1, 0.15) is 37.5 Å². The summed E-state index contributed by atoms with van der Waals surface area (Å²) < 4.78 is 32.1. The van der Waals surface area contributed by atoms with Gasteiger partial charge in [0, 0.05) is 24.6 Å². The molecule has 8 nitrogen and oxygen atoms in total. The maximum Gasteiger partial charge on any atom is 0.335 e. The van der Waals surface area contributed by atoms with Gasteiger partial charge in [0.1, 0.15) is 0 Å². The SMILES string of the molecule is Cc1cccc(Cl)c1N1Cc2cnc(S(C)(=O)=O)nc2N(c2cccc(CCO[Si](c3ccccc3)(c3ccccc3)C(C)(C)C)c2)C1=O. The Morgan fingerprint density at radius 3 is 2.12 bits per heavy atom. The van der Waals surface area contributed by atoms with Crippen LogP contribution in [0.5, 0.6) is 0 Å². The van der Waals surface area contributed by atoms with Crippen molar-refractivity contribution in [3.8, 4) is 0 Å². The Balaban J connectivity index is 1.37. The molecule has 0 radical (unpaired) electrons. The topological polar surface area (TPSA) is 92.7 Å². The van der Waals surface area contributed by atoms with Crippen molar-refractivity contribution < 1.29 is 17.6 Å². The molecule has 6 rings (SSSR count). The number of benzene rings is 4. The molecular formula is C38H39ClN4O4SSi. The van der Waals surface area contributed by atoms with Gasteiger partial charge in [-0.1, -0.05) is 117 Å². The van der Waals surface area contributed by atoms with E-state index in [1.807, 2.05) is 55.5 Å². The number of carbonyl (C=O) groups is 1. The van der Waals surface area contributed by atoms with Crippen LogP contribution in [0.3, 0.4) is 0 Å². The highest BCUT2D eigenvalue weighted by Crippen LogP contribution is 2.40. The number of urea groups is 1. The summed E-state index contributed by atoms with van der Waals surface area (Å²) in [4.78, 5) is 26.0. The van der Waals surface area contributed by atoms with Crippen molar-refractivity contribution in [2.45, 2.75) is 50.9 Å². The Morgan fingerprint density at radius 1 is 0.898 bits per heavy atom. The van der Waals surface area contributed by atoms with E-state index in [4.69, 9.17) is 16.0 Å². The number of amides is 2. The minimum absolute atomic E-state index is 0.130. The number of carbonyl (C=O) groups excluding carboxylic acids is 1. The Kier molecular flexibility index (Phi) is 9.52. The van der Waals surface area contributed by atoms with E-state index in [2.05, 4.69) is 79.3 Å². The number of rotatable bonds is 9. The molecule has 2 amide bonds. The van der Waals surface area contributed by atoms with Gasteiger partial charge in [-0.25, -0.2) is 23.1 Å². The first-order valence-corrected chi connectivity index (χ1v) is 20.3. The number of fused-ring (bicyclic) bond motifs is 1. The normalized spacial score (nSPS) is 13.8. The lowest BCUT2D eigenvalue weighted by atomic mass is 10.1. The molecular weight excluding hydrogens is 672 g/mol. The lowest BCUT2D eigenvalue weighted by Crippen LogP contribution is -2.66. The zero-order chi connectivity index (χ0) is 35.0. The average molecular weight is 711 g/mol. The number of halogens is 1. The lowest BCUT2D eigenvalue weighted by Gasteiger charge is -2.43. The molecule has 4 aromatic carbocycles. The largest absolute Gasteiger partial charge is 0.407 e. The smallest absolute Gasteiger partial charge is 0.335 e. The van der Waals surface area contributed by atoms with Crippen molar-refractivity contribution in [2.24, 2.45) is 0 Å². The highest BCUT2D eigenvalue weighted by atomic mass is 35.5. The molecule has 0 spiro atoms. The molecule has 0 unspecified atom stereocenters. The highest BCUT2D eigenvalue weighted by Gasteiger charge is 2.50. The number of sulfone groups is 1. The van der Waals surface area contributed by atoms with Crippen LogP contribution in [0.25, 0.3) is 0 Å². The molecule has 0 saturated carbocycles. The Labute approximate surface area is 294 Å². The third-order valence-electron chi connectivity index (χ3n) is 8.87. The number of anilines is 3. The van der Waals surface area contributed by atoms with Crippen LogP contribution in [0, 0.1) is 6.92 Å². The molecule has 252 valence electrons. The fraction of sp³-hybridized carbons (Fsp3) is 0.237. The predicted molar refractivity (Wildman–Crippen MR) is 199 cm³/mol. The number of aromatic nitrogens is 2. The number of aryl methyl sites for hydroxylation is 1. The van der Waals surface area contributed by atoms with Crippen LogP contribution in [-0.4, -0.2) is 45.6 Å². The van der Waals surface area contributed by atoms with Gasteiger partial charge in [-0.15, -0.1) is 0 Å². The lowest BCUT2D eigenvalue weighted by molar-refractivity contribution is 0.252. The van der Waals surface area contributed by atoms with E-state index >= 15 is 0 Å². The summed E-state index contributed by atoms with van der Waals surface area (Å²) in [5, 5.41) is 2.32. The molecule has 0 bridgehead atoms. The first-order chi connectivity index (χ1) is 23.3. The number of hydrogen-bond donors (Lipinski definition) is 0. The second-order valence-corrected chi connectivity index (χ2v) is 19.9. The third kappa shape index (κ3) is 6.66. The molecule has 2 heterocycles. The second kappa shape index (κ2) is 13.5. The minimum Gasteiger partial charge on any atom is -0.407 e. The van der Waals surface area contributed by atoms with E-state index in [1.54, 1.807) is 11.0 Å². The van der Waals surface area contributed by atoms with Crippen LogP contribution in [0.2, 0.25) is 10.1 Å². The summed E-state index contributed by atoms with van der Waals surface area (Å²) in [5.74, 6) is 0.224. The maximum atomic E-state index is 14.4. The monoisotopic (exact) mass is 710 g/mol. The van der Waals surface area contributed by atoms with Gasteiger partial charge in [0.05, 0.1) is 22.9 Å². The zero-order valence-corrected chi connectivity index (χ0v) is 30.8.